The molecule has 5 nitrogen and oxygen atoms in total. The topological polar surface area (TPSA) is 69.8 Å². The Labute approximate surface area is 144 Å². The molecule has 1 aliphatic rings. The molecule has 1 aromatic heterocycles. The van der Waals surface area contributed by atoms with Crippen LogP contribution in [0.1, 0.15) is 30.7 Å². The number of aromatic nitrogens is 2. The number of nitrogens with zero attached hydrogens (tertiary/aromatic N) is 1. The molecule has 25 heavy (non-hydrogen) atoms. The van der Waals surface area contributed by atoms with Crippen LogP contribution in [0.3, 0.4) is 0 Å². The minimum Gasteiger partial charge on any atom is -0.335 e. The molecule has 3 N–H and O–H groups in total. The van der Waals surface area contributed by atoms with Crippen molar-refractivity contribution in [1.82, 2.24) is 15.5 Å². The summed E-state index contributed by atoms with van der Waals surface area (Å²) in [7, 11) is 0. The molecular formula is C19H19FN4O. The number of halogens is 1. The van der Waals surface area contributed by atoms with Gasteiger partial charge >= 0.3 is 6.03 Å². The van der Waals surface area contributed by atoms with Crippen LogP contribution in [0.5, 0.6) is 0 Å². The summed E-state index contributed by atoms with van der Waals surface area (Å²) in [5.74, 6) is 0.0816. The largest absolute Gasteiger partial charge is 0.335 e. The molecule has 2 atom stereocenters. The number of hydrogen-bond acceptors (Lipinski definition) is 2. The number of amides is 2. The highest BCUT2D eigenvalue weighted by atomic mass is 19.1. The van der Waals surface area contributed by atoms with E-state index < -0.39 is 0 Å². The Morgan fingerprint density at radius 1 is 1.20 bits per heavy atom. The first kappa shape index (κ1) is 15.6. The van der Waals surface area contributed by atoms with Crippen molar-refractivity contribution in [2.45, 2.75) is 31.2 Å². The number of fused-ring (bicyclic) bond motifs is 1. The second kappa shape index (κ2) is 6.55. The Morgan fingerprint density at radius 3 is 2.96 bits per heavy atom. The second-order valence-corrected chi connectivity index (χ2v) is 6.50. The molecule has 1 heterocycles. The number of hydrogen-bond donors (Lipinski definition) is 3. The van der Waals surface area contributed by atoms with E-state index in [1.165, 1.54) is 6.07 Å². The van der Waals surface area contributed by atoms with Crippen molar-refractivity contribution >= 4 is 22.6 Å². The number of nitrogens with one attached hydrogen (secondary N) is 3. The van der Waals surface area contributed by atoms with Crippen LogP contribution in [0.25, 0.3) is 10.9 Å². The fraction of sp³-hybridized carbons (Fsp3) is 0.263. The van der Waals surface area contributed by atoms with Gasteiger partial charge in [0.15, 0.2) is 0 Å². The summed E-state index contributed by atoms with van der Waals surface area (Å²) in [6.07, 6.45) is 4.36. The number of H-pyrrole nitrogens is 1. The van der Waals surface area contributed by atoms with Gasteiger partial charge < -0.3 is 10.6 Å². The first-order chi connectivity index (χ1) is 12.2. The van der Waals surface area contributed by atoms with Crippen LogP contribution in [0, 0.1) is 5.82 Å². The molecule has 1 fully saturated rings. The van der Waals surface area contributed by atoms with Crippen LogP contribution in [0.2, 0.25) is 0 Å². The van der Waals surface area contributed by atoms with Crippen LogP contribution in [0.4, 0.5) is 14.9 Å². The molecule has 1 aliphatic carbocycles. The van der Waals surface area contributed by atoms with Crippen molar-refractivity contribution < 1.29 is 9.18 Å². The highest BCUT2D eigenvalue weighted by Gasteiger charge is 2.27. The molecule has 6 heteroatoms. The zero-order chi connectivity index (χ0) is 17.2. The summed E-state index contributed by atoms with van der Waals surface area (Å²) in [5.41, 5.74) is 2.61. The van der Waals surface area contributed by atoms with Gasteiger partial charge in [-0.2, -0.15) is 5.10 Å². The Hall–Kier alpha value is -2.89. The van der Waals surface area contributed by atoms with E-state index in [4.69, 9.17) is 0 Å². The molecule has 0 aliphatic heterocycles. The fourth-order valence-electron chi connectivity index (χ4n) is 3.60. The molecular weight excluding hydrogens is 319 g/mol. The highest BCUT2D eigenvalue weighted by molar-refractivity contribution is 6.00. The average Bonchev–Trinajstić information content (AvgIpc) is 3.24. The van der Waals surface area contributed by atoms with Gasteiger partial charge in [0, 0.05) is 11.4 Å². The fourth-order valence-corrected chi connectivity index (χ4v) is 3.60. The molecule has 0 saturated heterocycles. The number of benzene rings is 2. The van der Waals surface area contributed by atoms with Crippen LogP contribution in [0.15, 0.2) is 48.7 Å². The minimum atomic E-state index is -0.224. The first-order valence-corrected chi connectivity index (χ1v) is 8.44. The number of anilines is 1. The normalized spacial score (nSPS) is 19.9. The molecule has 0 spiro atoms. The molecule has 3 aromatic rings. The van der Waals surface area contributed by atoms with E-state index in [0.29, 0.717) is 5.92 Å². The standard InChI is InChI=1S/C19H19FN4O/c20-14-4-1-3-12(9-14)13-7-8-15(10-13)22-19(25)23-17-5-2-6-18-16(17)11-21-24-18/h1-6,9,11,13,15H,7-8,10H2,(H,21,24)(H2,22,23,25)/t13-,15+/m1/s1. The van der Waals surface area contributed by atoms with E-state index in [9.17, 15) is 9.18 Å². The average molecular weight is 338 g/mol. The third-order valence-electron chi connectivity index (χ3n) is 4.82. The van der Waals surface area contributed by atoms with Crippen molar-refractivity contribution in [3.63, 3.8) is 0 Å². The number of carbonyl (C=O) groups is 1. The van der Waals surface area contributed by atoms with Gasteiger partial charge in [0.1, 0.15) is 5.82 Å². The van der Waals surface area contributed by atoms with Gasteiger partial charge in [-0.25, -0.2) is 9.18 Å². The summed E-state index contributed by atoms with van der Waals surface area (Å²) >= 11 is 0. The SMILES string of the molecule is O=C(Nc1cccc2[nH]ncc12)N[C@H]1CC[C@@H](c2cccc(F)c2)C1. The highest BCUT2D eigenvalue weighted by Crippen LogP contribution is 2.34. The second-order valence-electron chi connectivity index (χ2n) is 6.50. The van der Waals surface area contributed by atoms with Gasteiger partial charge in [0.2, 0.25) is 0 Å². The molecule has 4 rings (SSSR count). The van der Waals surface area contributed by atoms with E-state index in [1.54, 1.807) is 18.3 Å². The first-order valence-electron chi connectivity index (χ1n) is 8.44. The molecule has 0 radical (unpaired) electrons. The number of rotatable bonds is 3. The molecule has 0 bridgehead atoms. The quantitative estimate of drug-likeness (QED) is 0.671. The number of aromatic amines is 1. The molecule has 2 aromatic carbocycles. The van der Waals surface area contributed by atoms with Gasteiger partial charge in [-0.05, 0) is 55.0 Å². The molecule has 1 saturated carbocycles. The van der Waals surface area contributed by atoms with Crippen LogP contribution in [-0.4, -0.2) is 22.3 Å². The third-order valence-corrected chi connectivity index (χ3v) is 4.82. The predicted molar refractivity (Wildman–Crippen MR) is 95.0 cm³/mol. The lowest BCUT2D eigenvalue weighted by Gasteiger charge is -2.15. The van der Waals surface area contributed by atoms with E-state index in [2.05, 4.69) is 20.8 Å². The van der Waals surface area contributed by atoms with Gasteiger partial charge in [0.25, 0.3) is 0 Å². The van der Waals surface area contributed by atoms with E-state index in [0.717, 1.165) is 41.4 Å². The van der Waals surface area contributed by atoms with Crippen molar-refractivity contribution in [2.24, 2.45) is 0 Å². The molecule has 0 unspecified atom stereocenters. The Morgan fingerprint density at radius 2 is 2.08 bits per heavy atom. The van der Waals surface area contributed by atoms with E-state index in [1.807, 2.05) is 24.3 Å². The van der Waals surface area contributed by atoms with Gasteiger partial charge in [-0.15, -0.1) is 0 Å². The molecule has 128 valence electrons. The van der Waals surface area contributed by atoms with Crippen LogP contribution < -0.4 is 10.6 Å². The van der Waals surface area contributed by atoms with Crippen molar-refractivity contribution in [3.8, 4) is 0 Å². The summed E-state index contributed by atoms with van der Waals surface area (Å²) in [6.45, 7) is 0. The Balaban J connectivity index is 1.38. The van der Waals surface area contributed by atoms with Crippen LogP contribution in [-0.2, 0) is 0 Å². The predicted octanol–water partition coefficient (Wildman–Crippen LogP) is 4.16. The van der Waals surface area contributed by atoms with Crippen LogP contribution >= 0.6 is 0 Å². The smallest absolute Gasteiger partial charge is 0.319 e. The Kier molecular flexibility index (Phi) is 4.09. The van der Waals surface area contributed by atoms with Gasteiger partial charge in [-0.3, -0.25) is 5.10 Å². The third kappa shape index (κ3) is 3.33. The Bertz CT molecular complexity index is 907. The summed E-state index contributed by atoms with van der Waals surface area (Å²) < 4.78 is 13.4. The zero-order valence-corrected chi connectivity index (χ0v) is 13.6. The number of urea groups is 1. The maximum absolute atomic E-state index is 13.4. The summed E-state index contributed by atoms with van der Waals surface area (Å²) in [4.78, 5) is 12.3. The zero-order valence-electron chi connectivity index (χ0n) is 13.6. The van der Waals surface area contributed by atoms with E-state index >= 15 is 0 Å². The van der Waals surface area contributed by atoms with Crippen molar-refractivity contribution in [1.29, 1.82) is 0 Å². The summed E-state index contributed by atoms with van der Waals surface area (Å²) in [6, 6.07) is 12.2. The molecule has 2 amide bonds. The van der Waals surface area contributed by atoms with Gasteiger partial charge in [-0.1, -0.05) is 18.2 Å². The van der Waals surface area contributed by atoms with Crippen molar-refractivity contribution in [3.05, 3.63) is 60.0 Å². The van der Waals surface area contributed by atoms with Gasteiger partial charge in [0.05, 0.1) is 17.4 Å². The maximum Gasteiger partial charge on any atom is 0.319 e. The van der Waals surface area contributed by atoms with Crippen molar-refractivity contribution in [2.75, 3.05) is 5.32 Å². The number of carbonyl (C=O) groups excluding carboxylic acids is 1. The monoisotopic (exact) mass is 338 g/mol. The van der Waals surface area contributed by atoms with E-state index in [-0.39, 0.29) is 17.9 Å². The summed E-state index contributed by atoms with van der Waals surface area (Å²) in [5, 5.41) is 13.7. The lowest BCUT2D eigenvalue weighted by molar-refractivity contribution is 0.248. The lowest BCUT2D eigenvalue weighted by Crippen LogP contribution is -2.36. The lowest BCUT2D eigenvalue weighted by atomic mass is 9.97. The maximum atomic E-state index is 13.4. The minimum absolute atomic E-state index is 0.0943.